The Morgan fingerprint density at radius 1 is 1.12 bits per heavy atom. The first-order valence-corrected chi connectivity index (χ1v) is 11.0. The van der Waals surface area contributed by atoms with Gasteiger partial charge in [0.15, 0.2) is 5.82 Å². The lowest BCUT2D eigenvalue weighted by Crippen LogP contribution is -2.56. The number of carbonyl (C=O) groups is 1. The molecule has 1 fully saturated rings. The Balaban J connectivity index is 1.64. The molecule has 1 aromatic heterocycles. The molecule has 1 N–H and O–H groups in total. The second-order valence-electron chi connectivity index (χ2n) is 8.35. The van der Waals surface area contributed by atoms with Crippen LogP contribution >= 0.6 is 0 Å². The number of aliphatic carboxylic acids is 1. The fourth-order valence-electron chi connectivity index (χ4n) is 4.11. The maximum absolute atomic E-state index is 11.0. The number of aromatic nitrogens is 2. The maximum Gasteiger partial charge on any atom is 0.307 e. The molecule has 168 valence electrons. The highest BCUT2D eigenvalue weighted by Gasteiger charge is 2.30. The van der Waals surface area contributed by atoms with E-state index in [0.717, 1.165) is 47.8 Å². The molecule has 6 heteroatoms. The van der Waals surface area contributed by atoms with Crippen LogP contribution in [0.1, 0.15) is 37.6 Å². The van der Waals surface area contributed by atoms with Gasteiger partial charge in [0.05, 0.1) is 12.1 Å². The SMILES string of the molecule is C=C(/C=C\C=C/C)c1ccc(N2CC(C)N(Cc3cccc(CC(=O)O)c3)[C@H](C)C2)nn1. The van der Waals surface area contributed by atoms with Crippen LogP contribution in [0.5, 0.6) is 0 Å². The van der Waals surface area contributed by atoms with Gasteiger partial charge < -0.3 is 10.0 Å². The Morgan fingerprint density at radius 3 is 2.47 bits per heavy atom. The van der Waals surface area contributed by atoms with Gasteiger partial charge in [-0.1, -0.05) is 55.1 Å². The van der Waals surface area contributed by atoms with Gasteiger partial charge >= 0.3 is 5.97 Å². The molecule has 6 nitrogen and oxygen atoms in total. The van der Waals surface area contributed by atoms with Crippen molar-refractivity contribution >= 4 is 17.4 Å². The summed E-state index contributed by atoms with van der Waals surface area (Å²) in [4.78, 5) is 15.8. The van der Waals surface area contributed by atoms with Gasteiger partial charge in [0.25, 0.3) is 0 Å². The summed E-state index contributed by atoms with van der Waals surface area (Å²) in [5, 5.41) is 17.9. The Kier molecular flexibility index (Phi) is 7.95. The van der Waals surface area contributed by atoms with Crippen LogP contribution in [0.3, 0.4) is 0 Å². The van der Waals surface area contributed by atoms with Gasteiger partial charge in [0.2, 0.25) is 0 Å². The molecule has 2 atom stereocenters. The third kappa shape index (κ3) is 6.14. The topological polar surface area (TPSA) is 69.6 Å². The maximum atomic E-state index is 11.0. The quantitative estimate of drug-likeness (QED) is 0.626. The number of hydrogen-bond acceptors (Lipinski definition) is 5. The van der Waals surface area contributed by atoms with E-state index >= 15 is 0 Å². The minimum absolute atomic E-state index is 0.0545. The van der Waals surface area contributed by atoms with Crippen LogP contribution in [-0.2, 0) is 17.8 Å². The molecule has 2 heterocycles. The standard InChI is InChI=1S/C26H32N4O2/c1-5-6-7-9-19(2)24-12-13-25(28-27-24)29-16-20(3)30(21(4)17-29)18-23-11-8-10-22(14-23)15-26(31)32/h5-14,20-21H,2,15-18H2,1,3-4H3,(H,31,32)/b6-5-,9-7-/t20-,21?/m1/s1. The molecule has 0 spiro atoms. The highest BCUT2D eigenvalue weighted by molar-refractivity contribution is 5.70. The van der Waals surface area contributed by atoms with Crippen molar-refractivity contribution in [1.29, 1.82) is 0 Å². The highest BCUT2D eigenvalue weighted by Crippen LogP contribution is 2.23. The smallest absolute Gasteiger partial charge is 0.307 e. The molecule has 32 heavy (non-hydrogen) atoms. The zero-order valence-corrected chi connectivity index (χ0v) is 19.1. The summed E-state index contributed by atoms with van der Waals surface area (Å²) in [6.45, 7) is 13.0. The number of nitrogens with zero attached hydrogens (tertiary/aromatic N) is 4. The third-order valence-corrected chi connectivity index (χ3v) is 5.72. The van der Waals surface area contributed by atoms with Crippen LogP contribution in [-0.4, -0.2) is 51.3 Å². The summed E-state index contributed by atoms with van der Waals surface area (Å²) in [6.07, 6.45) is 7.85. The number of rotatable bonds is 8. The van der Waals surface area contributed by atoms with E-state index in [-0.39, 0.29) is 6.42 Å². The first-order chi connectivity index (χ1) is 15.4. The molecule has 0 amide bonds. The van der Waals surface area contributed by atoms with Gasteiger partial charge in [-0.2, -0.15) is 0 Å². The third-order valence-electron chi connectivity index (χ3n) is 5.72. The molecular formula is C26H32N4O2. The number of carboxylic acids is 1. The second-order valence-corrected chi connectivity index (χ2v) is 8.35. The van der Waals surface area contributed by atoms with Gasteiger partial charge in [-0.25, -0.2) is 0 Å². The van der Waals surface area contributed by atoms with Crippen molar-refractivity contribution in [3.8, 4) is 0 Å². The summed E-state index contributed by atoms with van der Waals surface area (Å²) < 4.78 is 0. The van der Waals surface area contributed by atoms with Crippen LogP contribution in [0.15, 0.2) is 67.3 Å². The number of benzene rings is 1. The highest BCUT2D eigenvalue weighted by atomic mass is 16.4. The lowest BCUT2D eigenvalue weighted by Gasteiger charge is -2.45. The predicted molar refractivity (Wildman–Crippen MR) is 129 cm³/mol. The van der Waals surface area contributed by atoms with E-state index in [9.17, 15) is 4.79 Å². The van der Waals surface area contributed by atoms with Crippen LogP contribution in [0.4, 0.5) is 5.82 Å². The summed E-state index contributed by atoms with van der Waals surface area (Å²) in [6, 6.07) is 12.5. The lowest BCUT2D eigenvalue weighted by molar-refractivity contribution is -0.136. The van der Waals surface area contributed by atoms with Gasteiger partial charge in [-0.15, -0.1) is 10.2 Å². The molecule has 3 rings (SSSR count). The molecular weight excluding hydrogens is 400 g/mol. The zero-order chi connectivity index (χ0) is 23.1. The van der Waals surface area contributed by atoms with Gasteiger partial charge in [0.1, 0.15) is 0 Å². The van der Waals surface area contributed by atoms with Crippen LogP contribution in [0.2, 0.25) is 0 Å². The molecule has 1 aromatic carbocycles. The number of hydrogen-bond donors (Lipinski definition) is 1. The first kappa shape index (κ1) is 23.4. The molecule has 0 radical (unpaired) electrons. The Morgan fingerprint density at radius 2 is 1.84 bits per heavy atom. The molecule has 1 aliphatic heterocycles. The molecule has 1 unspecified atom stereocenters. The van der Waals surface area contributed by atoms with Crippen molar-refractivity contribution in [2.75, 3.05) is 18.0 Å². The van der Waals surface area contributed by atoms with Gasteiger partial charge in [-0.3, -0.25) is 9.69 Å². The van der Waals surface area contributed by atoms with Crippen LogP contribution in [0, 0.1) is 0 Å². The van der Waals surface area contributed by atoms with Crippen molar-refractivity contribution in [3.63, 3.8) is 0 Å². The second kappa shape index (κ2) is 10.9. The van der Waals surface area contributed by atoms with E-state index in [1.807, 2.05) is 61.6 Å². The summed E-state index contributed by atoms with van der Waals surface area (Å²) in [5.41, 5.74) is 3.59. The van der Waals surface area contributed by atoms with Crippen molar-refractivity contribution in [3.05, 3.63) is 84.1 Å². The van der Waals surface area contributed by atoms with Gasteiger partial charge in [-0.05, 0) is 49.6 Å². The van der Waals surface area contributed by atoms with Crippen LogP contribution < -0.4 is 4.90 Å². The van der Waals surface area contributed by atoms with E-state index in [0.29, 0.717) is 12.1 Å². The largest absolute Gasteiger partial charge is 0.481 e. The van der Waals surface area contributed by atoms with Crippen LogP contribution in [0.25, 0.3) is 5.57 Å². The molecule has 0 saturated carbocycles. The summed E-state index contributed by atoms with van der Waals surface area (Å²) in [5.74, 6) is 0.0720. The van der Waals surface area contributed by atoms with Crippen molar-refractivity contribution in [1.82, 2.24) is 15.1 Å². The monoisotopic (exact) mass is 432 g/mol. The Hall–Kier alpha value is -3.25. The van der Waals surface area contributed by atoms with Crippen molar-refractivity contribution in [2.24, 2.45) is 0 Å². The van der Waals surface area contributed by atoms with Gasteiger partial charge in [0, 0.05) is 31.7 Å². The number of allylic oxidation sites excluding steroid dienone is 5. The number of piperazine rings is 1. The molecule has 0 bridgehead atoms. The van der Waals surface area contributed by atoms with Crippen molar-refractivity contribution < 1.29 is 9.90 Å². The minimum atomic E-state index is -0.804. The molecule has 1 aliphatic rings. The van der Waals surface area contributed by atoms with E-state index in [1.165, 1.54) is 0 Å². The van der Waals surface area contributed by atoms with E-state index in [4.69, 9.17) is 5.11 Å². The molecule has 2 aromatic rings. The predicted octanol–water partition coefficient (Wildman–Crippen LogP) is 4.35. The Labute approximate surface area is 190 Å². The normalized spacial score (nSPS) is 19.7. The fourth-order valence-corrected chi connectivity index (χ4v) is 4.11. The molecule has 1 saturated heterocycles. The van der Waals surface area contributed by atoms with E-state index < -0.39 is 5.97 Å². The average molecular weight is 433 g/mol. The summed E-state index contributed by atoms with van der Waals surface area (Å²) in [7, 11) is 0. The van der Waals surface area contributed by atoms with E-state index in [2.05, 4.69) is 46.5 Å². The Bertz CT molecular complexity index is 985. The first-order valence-electron chi connectivity index (χ1n) is 11.0. The number of anilines is 1. The van der Waals surface area contributed by atoms with E-state index in [1.54, 1.807) is 0 Å². The fraction of sp³-hybridized carbons (Fsp3) is 0.346. The van der Waals surface area contributed by atoms with Crippen molar-refractivity contribution in [2.45, 2.75) is 45.8 Å². The zero-order valence-electron chi connectivity index (χ0n) is 19.1. The number of carboxylic acid groups (broad SMARTS) is 1. The minimum Gasteiger partial charge on any atom is -0.481 e. The summed E-state index contributed by atoms with van der Waals surface area (Å²) >= 11 is 0. The average Bonchev–Trinajstić information content (AvgIpc) is 2.76. The molecule has 0 aliphatic carbocycles. The lowest BCUT2D eigenvalue weighted by atomic mass is 10.0.